The fraction of sp³-hybridized carbons (Fsp3) is 0.107. The average molecular weight is 541 g/mol. The lowest BCUT2D eigenvalue weighted by Crippen LogP contribution is -2.25. The van der Waals surface area contributed by atoms with Crippen molar-refractivity contribution in [2.24, 2.45) is 5.73 Å². The number of anilines is 1. The minimum Gasteiger partial charge on any atom is -0.393 e. The first-order chi connectivity index (χ1) is 18.5. The quantitative estimate of drug-likeness (QED) is 0.162. The number of nitrogens with two attached hydrogens (primary N) is 1. The Balaban J connectivity index is 1.65. The average Bonchev–Trinajstić information content (AvgIpc) is 2.91. The molecule has 0 aliphatic rings. The lowest BCUT2D eigenvalue weighted by atomic mass is 9.92. The molecule has 0 fully saturated rings. The Morgan fingerprint density at radius 3 is 2.33 bits per heavy atom. The highest BCUT2D eigenvalue weighted by molar-refractivity contribution is 6.05. The number of esters is 1. The number of ether oxygens (including phenoxy) is 1. The summed E-state index contributed by atoms with van der Waals surface area (Å²) in [5.41, 5.74) is 6.25. The highest BCUT2D eigenvalue weighted by atomic mass is 19.3. The minimum absolute atomic E-state index is 0.250. The molecule has 3 N–H and O–H groups in total. The molecule has 4 rings (SSSR count). The van der Waals surface area contributed by atoms with Crippen LogP contribution in [0.4, 0.5) is 27.6 Å². The van der Waals surface area contributed by atoms with Crippen molar-refractivity contribution in [3.05, 3.63) is 119 Å². The van der Waals surface area contributed by atoms with Gasteiger partial charge < -0.3 is 15.8 Å². The van der Waals surface area contributed by atoms with Crippen LogP contribution in [0.3, 0.4) is 0 Å². The van der Waals surface area contributed by atoms with Crippen molar-refractivity contribution in [1.29, 1.82) is 0 Å². The van der Waals surface area contributed by atoms with Crippen molar-refractivity contribution in [3.8, 4) is 11.1 Å². The van der Waals surface area contributed by atoms with E-state index in [-0.39, 0.29) is 17.2 Å². The predicted molar refractivity (Wildman–Crippen MR) is 132 cm³/mol. The van der Waals surface area contributed by atoms with Crippen LogP contribution < -0.4 is 11.1 Å². The molecule has 1 atom stereocenters. The monoisotopic (exact) mass is 541 g/mol. The molecule has 1 aromatic heterocycles. The second kappa shape index (κ2) is 11.0. The van der Waals surface area contributed by atoms with Crippen LogP contribution >= 0.6 is 0 Å². The normalized spacial score (nSPS) is 12.1. The number of aromatic nitrogens is 1. The molecule has 4 aromatic rings. The largest absolute Gasteiger partial charge is 0.431 e. The van der Waals surface area contributed by atoms with Gasteiger partial charge in [-0.1, -0.05) is 18.2 Å². The molecule has 0 bridgehead atoms. The van der Waals surface area contributed by atoms with Crippen molar-refractivity contribution in [1.82, 2.24) is 4.98 Å². The van der Waals surface area contributed by atoms with Crippen molar-refractivity contribution in [2.45, 2.75) is 19.1 Å². The molecule has 0 saturated carbocycles. The lowest BCUT2D eigenvalue weighted by Gasteiger charge is -2.18. The maximum Gasteiger partial charge on any atom is 0.431 e. The standard InChI is InChI=1S/C28H20F5N3O3/c1-15(34)20-6-5-17(26(37)36-19-9-11-35-12-10-19)14-21(20)16-3-2-4-18(13-16)27(38)39-28(32,33)22-7-8-23(29)25(31)24(22)30/h2-15H,34H2,1H3,(H,35,36,37). The minimum atomic E-state index is -4.60. The molecule has 0 saturated heterocycles. The van der Waals surface area contributed by atoms with Crippen LogP contribution in [0.15, 0.2) is 79.1 Å². The second-order valence-electron chi connectivity index (χ2n) is 8.49. The third-order valence-corrected chi connectivity index (χ3v) is 5.72. The smallest absolute Gasteiger partial charge is 0.393 e. The van der Waals surface area contributed by atoms with Crippen molar-refractivity contribution in [2.75, 3.05) is 5.32 Å². The molecular weight excluding hydrogens is 521 g/mol. The number of hydrogen-bond acceptors (Lipinski definition) is 5. The van der Waals surface area contributed by atoms with E-state index >= 15 is 0 Å². The van der Waals surface area contributed by atoms with Crippen LogP contribution in [0.2, 0.25) is 0 Å². The maximum atomic E-state index is 14.5. The van der Waals surface area contributed by atoms with Gasteiger partial charge in [0.2, 0.25) is 0 Å². The van der Waals surface area contributed by atoms with Gasteiger partial charge in [0.05, 0.1) is 5.56 Å². The summed E-state index contributed by atoms with van der Waals surface area (Å²) in [7, 11) is 0. The first-order valence-corrected chi connectivity index (χ1v) is 11.4. The van der Waals surface area contributed by atoms with Crippen LogP contribution in [-0.4, -0.2) is 16.9 Å². The summed E-state index contributed by atoms with van der Waals surface area (Å²) < 4.78 is 73.8. The summed E-state index contributed by atoms with van der Waals surface area (Å²) in [6, 6.07) is 13.4. The third-order valence-electron chi connectivity index (χ3n) is 5.72. The summed E-state index contributed by atoms with van der Waals surface area (Å²) in [6.45, 7) is 1.70. The fourth-order valence-electron chi connectivity index (χ4n) is 3.78. The SMILES string of the molecule is CC(N)c1ccc(C(=O)Nc2ccncc2)cc1-c1cccc(C(=O)OC(F)(F)c2ccc(F)c(F)c2F)c1. The van der Waals surface area contributed by atoms with Gasteiger partial charge in [0.15, 0.2) is 17.5 Å². The topological polar surface area (TPSA) is 94.3 Å². The third kappa shape index (κ3) is 5.93. The molecule has 0 aliphatic carbocycles. The van der Waals surface area contributed by atoms with Crippen LogP contribution in [0.1, 0.15) is 44.8 Å². The van der Waals surface area contributed by atoms with Crippen LogP contribution in [0, 0.1) is 17.5 Å². The molecule has 3 aromatic carbocycles. The van der Waals surface area contributed by atoms with Gasteiger partial charge in [-0.2, -0.15) is 8.78 Å². The van der Waals surface area contributed by atoms with E-state index in [1.807, 2.05) is 0 Å². The molecule has 200 valence electrons. The summed E-state index contributed by atoms with van der Waals surface area (Å²) in [6.07, 6.45) is -1.59. The highest BCUT2D eigenvalue weighted by Crippen LogP contribution is 2.35. The molecule has 39 heavy (non-hydrogen) atoms. The van der Waals surface area contributed by atoms with Crippen LogP contribution in [0.5, 0.6) is 0 Å². The molecular formula is C28H20F5N3O3. The van der Waals surface area contributed by atoms with Crippen molar-refractivity contribution >= 4 is 17.6 Å². The Morgan fingerprint density at radius 1 is 0.923 bits per heavy atom. The van der Waals surface area contributed by atoms with Crippen molar-refractivity contribution < 1.29 is 36.3 Å². The fourth-order valence-corrected chi connectivity index (χ4v) is 3.78. The first-order valence-electron chi connectivity index (χ1n) is 11.4. The highest BCUT2D eigenvalue weighted by Gasteiger charge is 2.41. The molecule has 0 aliphatic heterocycles. The number of benzene rings is 3. The van der Waals surface area contributed by atoms with Gasteiger partial charge >= 0.3 is 12.1 Å². The molecule has 6 nitrogen and oxygen atoms in total. The number of nitrogens with zero attached hydrogens (tertiary/aromatic N) is 1. The number of nitrogens with one attached hydrogen (secondary N) is 1. The van der Waals surface area contributed by atoms with Gasteiger partial charge in [-0.05, 0) is 72.1 Å². The zero-order chi connectivity index (χ0) is 28.3. The van der Waals surface area contributed by atoms with E-state index in [4.69, 9.17) is 5.73 Å². The number of amides is 1. The summed E-state index contributed by atoms with van der Waals surface area (Å²) >= 11 is 0. The van der Waals surface area contributed by atoms with Crippen LogP contribution in [0.25, 0.3) is 11.1 Å². The number of carbonyl (C=O) groups excluding carboxylic acids is 2. The Hall–Kier alpha value is -4.64. The zero-order valence-corrected chi connectivity index (χ0v) is 20.2. The van der Waals surface area contributed by atoms with Gasteiger partial charge in [-0.25, -0.2) is 18.0 Å². The van der Waals surface area contributed by atoms with E-state index in [0.29, 0.717) is 28.4 Å². The number of halogens is 5. The van der Waals surface area contributed by atoms with E-state index in [1.54, 1.807) is 37.3 Å². The Bertz CT molecular complexity index is 1550. The molecule has 1 amide bonds. The van der Waals surface area contributed by atoms with E-state index in [0.717, 1.165) is 0 Å². The lowest BCUT2D eigenvalue weighted by molar-refractivity contribution is -0.211. The number of pyridine rings is 1. The number of alkyl halides is 2. The molecule has 0 spiro atoms. The van der Waals surface area contributed by atoms with Gasteiger partial charge in [0, 0.05) is 29.7 Å². The predicted octanol–water partition coefficient (Wildman–Crippen LogP) is 6.34. The molecule has 0 radical (unpaired) electrons. The summed E-state index contributed by atoms with van der Waals surface area (Å²) in [4.78, 5) is 29.3. The Morgan fingerprint density at radius 2 is 1.64 bits per heavy atom. The van der Waals surface area contributed by atoms with E-state index < -0.39 is 47.0 Å². The van der Waals surface area contributed by atoms with Crippen LogP contribution in [-0.2, 0) is 10.8 Å². The second-order valence-corrected chi connectivity index (χ2v) is 8.49. The summed E-state index contributed by atoms with van der Waals surface area (Å²) in [5, 5.41) is 2.72. The van der Waals surface area contributed by atoms with Gasteiger partial charge in [-0.3, -0.25) is 9.78 Å². The van der Waals surface area contributed by atoms with E-state index in [2.05, 4.69) is 15.0 Å². The first kappa shape index (κ1) is 27.4. The molecule has 1 heterocycles. The summed E-state index contributed by atoms with van der Waals surface area (Å²) in [5.74, 6) is -7.97. The molecule has 1 unspecified atom stereocenters. The Labute approximate surface area is 219 Å². The van der Waals surface area contributed by atoms with Gasteiger partial charge in [-0.15, -0.1) is 0 Å². The Kier molecular flexibility index (Phi) is 7.73. The van der Waals surface area contributed by atoms with Crippen molar-refractivity contribution in [3.63, 3.8) is 0 Å². The molecule has 11 heteroatoms. The zero-order valence-electron chi connectivity index (χ0n) is 20.2. The number of carbonyl (C=O) groups is 2. The van der Waals surface area contributed by atoms with E-state index in [9.17, 15) is 31.5 Å². The number of hydrogen-bond donors (Lipinski definition) is 2. The van der Waals surface area contributed by atoms with Gasteiger partial charge in [0.25, 0.3) is 5.91 Å². The van der Waals surface area contributed by atoms with Gasteiger partial charge in [0.1, 0.15) is 5.56 Å². The maximum absolute atomic E-state index is 14.5. The van der Waals surface area contributed by atoms with E-state index in [1.165, 1.54) is 36.7 Å². The number of rotatable bonds is 7.